The highest BCUT2D eigenvalue weighted by molar-refractivity contribution is 7.09. The Hall–Kier alpha value is -1.61. The summed E-state index contributed by atoms with van der Waals surface area (Å²) in [7, 11) is 0. The predicted octanol–water partition coefficient (Wildman–Crippen LogP) is 3.67. The van der Waals surface area contributed by atoms with Crippen molar-refractivity contribution in [3.63, 3.8) is 0 Å². The van der Waals surface area contributed by atoms with Gasteiger partial charge in [-0.25, -0.2) is 4.98 Å². The fourth-order valence-corrected chi connectivity index (χ4v) is 2.42. The van der Waals surface area contributed by atoms with Gasteiger partial charge in [0.1, 0.15) is 5.52 Å². The van der Waals surface area contributed by atoms with Crippen molar-refractivity contribution in [2.75, 3.05) is 0 Å². The van der Waals surface area contributed by atoms with E-state index in [1.165, 1.54) is 4.88 Å². The van der Waals surface area contributed by atoms with Gasteiger partial charge in [-0.1, -0.05) is 18.2 Å². The molecule has 3 aromatic rings. The van der Waals surface area contributed by atoms with Crippen molar-refractivity contribution in [3.8, 4) is 0 Å². The number of oxazole rings is 1. The van der Waals surface area contributed by atoms with E-state index in [9.17, 15) is 0 Å². The van der Waals surface area contributed by atoms with E-state index < -0.39 is 0 Å². The molecule has 0 aliphatic heterocycles. The lowest BCUT2D eigenvalue weighted by Gasteiger charge is -1.92. The van der Waals surface area contributed by atoms with Crippen LogP contribution in [0.2, 0.25) is 0 Å². The van der Waals surface area contributed by atoms with Crippen molar-refractivity contribution < 1.29 is 4.42 Å². The van der Waals surface area contributed by atoms with Gasteiger partial charge in [0.15, 0.2) is 11.5 Å². The quantitative estimate of drug-likeness (QED) is 0.684. The molecule has 0 fully saturated rings. The third-order valence-electron chi connectivity index (χ3n) is 2.50. The normalized spacial score (nSPS) is 11.0. The molecule has 0 saturated heterocycles. The SMILES string of the molecule is c1csc(CCc2nc3ccccc3o2)c1. The van der Waals surface area contributed by atoms with Crippen molar-refractivity contribution >= 4 is 22.4 Å². The monoisotopic (exact) mass is 229 g/mol. The standard InChI is InChI=1S/C13H11NOS/c1-2-6-12-11(5-1)14-13(15-12)8-7-10-4-3-9-16-10/h1-6,9H,7-8H2. The molecule has 0 aliphatic rings. The number of hydrogen-bond donors (Lipinski definition) is 0. The molecule has 0 amide bonds. The molecular weight excluding hydrogens is 218 g/mol. The van der Waals surface area contributed by atoms with Crippen LogP contribution in [0.25, 0.3) is 11.1 Å². The number of hydrogen-bond acceptors (Lipinski definition) is 3. The van der Waals surface area contributed by atoms with Gasteiger partial charge in [0, 0.05) is 11.3 Å². The van der Waals surface area contributed by atoms with E-state index >= 15 is 0 Å². The van der Waals surface area contributed by atoms with Gasteiger partial charge in [-0.3, -0.25) is 0 Å². The van der Waals surface area contributed by atoms with Gasteiger partial charge in [-0.05, 0) is 30.0 Å². The first kappa shape index (κ1) is 9.60. The largest absolute Gasteiger partial charge is 0.441 e. The molecule has 0 spiro atoms. The van der Waals surface area contributed by atoms with Crippen LogP contribution in [0.5, 0.6) is 0 Å². The molecule has 3 heteroatoms. The molecule has 0 radical (unpaired) electrons. The van der Waals surface area contributed by atoms with Crippen molar-refractivity contribution in [1.29, 1.82) is 0 Å². The predicted molar refractivity (Wildman–Crippen MR) is 65.7 cm³/mol. The number of benzene rings is 1. The van der Waals surface area contributed by atoms with Crippen LogP contribution in [0.4, 0.5) is 0 Å². The van der Waals surface area contributed by atoms with Crippen LogP contribution in [0.1, 0.15) is 10.8 Å². The number of nitrogens with zero attached hydrogens (tertiary/aromatic N) is 1. The minimum absolute atomic E-state index is 0.828. The van der Waals surface area contributed by atoms with E-state index in [4.69, 9.17) is 4.42 Å². The van der Waals surface area contributed by atoms with Crippen LogP contribution in [-0.2, 0) is 12.8 Å². The van der Waals surface area contributed by atoms with Crippen LogP contribution in [0.3, 0.4) is 0 Å². The zero-order valence-electron chi connectivity index (χ0n) is 8.72. The summed E-state index contributed by atoms with van der Waals surface area (Å²) in [6.45, 7) is 0. The third-order valence-corrected chi connectivity index (χ3v) is 3.44. The maximum absolute atomic E-state index is 5.66. The Morgan fingerprint density at radius 2 is 2.00 bits per heavy atom. The second-order valence-corrected chi connectivity index (χ2v) is 4.69. The lowest BCUT2D eigenvalue weighted by Crippen LogP contribution is -1.87. The lowest BCUT2D eigenvalue weighted by molar-refractivity contribution is 0.529. The fourth-order valence-electron chi connectivity index (χ4n) is 1.71. The Labute approximate surface area is 97.6 Å². The fraction of sp³-hybridized carbons (Fsp3) is 0.154. The Morgan fingerprint density at radius 1 is 1.06 bits per heavy atom. The van der Waals surface area contributed by atoms with Gasteiger partial charge in [0.05, 0.1) is 0 Å². The highest BCUT2D eigenvalue weighted by Gasteiger charge is 2.05. The smallest absolute Gasteiger partial charge is 0.195 e. The van der Waals surface area contributed by atoms with Gasteiger partial charge >= 0.3 is 0 Å². The Bertz CT molecular complexity index is 550. The molecule has 1 aromatic carbocycles. The Morgan fingerprint density at radius 3 is 2.81 bits per heavy atom. The maximum Gasteiger partial charge on any atom is 0.195 e. The first-order valence-electron chi connectivity index (χ1n) is 5.29. The minimum atomic E-state index is 0.828. The lowest BCUT2D eigenvalue weighted by atomic mass is 10.3. The second-order valence-electron chi connectivity index (χ2n) is 3.65. The summed E-state index contributed by atoms with van der Waals surface area (Å²) in [4.78, 5) is 5.83. The van der Waals surface area contributed by atoms with Crippen LogP contribution in [0, 0.1) is 0 Å². The van der Waals surface area contributed by atoms with Crippen molar-refractivity contribution in [2.45, 2.75) is 12.8 Å². The number of thiophene rings is 1. The Balaban J connectivity index is 1.79. The van der Waals surface area contributed by atoms with Crippen LogP contribution in [0.15, 0.2) is 46.2 Å². The number of aryl methyl sites for hydroxylation is 2. The first-order chi connectivity index (χ1) is 7.92. The van der Waals surface area contributed by atoms with E-state index in [0.717, 1.165) is 29.8 Å². The number of rotatable bonds is 3. The van der Waals surface area contributed by atoms with Crippen LogP contribution >= 0.6 is 11.3 Å². The second kappa shape index (κ2) is 4.10. The summed E-state index contributed by atoms with van der Waals surface area (Å²) in [5, 5.41) is 2.10. The summed E-state index contributed by atoms with van der Waals surface area (Å²) in [6.07, 6.45) is 1.87. The molecule has 3 rings (SSSR count). The molecular formula is C13H11NOS. The van der Waals surface area contributed by atoms with Crippen LogP contribution in [-0.4, -0.2) is 4.98 Å². The molecule has 2 heterocycles. The maximum atomic E-state index is 5.66. The molecule has 0 saturated carbocycles. The molecule has 0 atom stereocenters. The molecule has 0 aliphatic carbocycles. The molecule has 2 aromatic heterocycles. The highest BCUT2D eigenvalue weighted by atomic mass is 32.1. The molecule has 2 nitrogen and oxygen atoms in total. The highest BCUT2D eigenvalue weighted by Crippen LogP contribution is 2.17. The topological polar surface area (TPSA) is 26.0 Å². The summed E-state index contributed by atoms with van der Waals surface area (Å²) in [6, 6.07) is 12.1. The zero-order valence-corrected chi connectivity index (χ0v) is 9.54. The van der Waals surface area contributed by atoms with E-state index in [1.54, 1.807) is 11.3 Å². The molecule has 16 heavy (non-hydrogen) atoms. The summed E-state index contributed by atoms with van der Waals surface area (Å²) >= 11 is 1.78. The number of para-hydroxylation sites is 2. The van der Waals surface area contributed by atoms with Gasteiger partial charge in [-0.15, -0.1) is 11.3 Å². The van der Waals surface area contributed by atoms with Crippen molar-refractivity contribution in [1.82, 2.24) is 4.98 Å². The van der Waals surface area contributed by atoms with E-state index in [1.807, 2.05) is 24.3 Å². The minimum Gasteiger partial charge on any atom is -0.441 e. The first-order valence-corrected chi connectivity index (χ1v) is 6.16. The van der Waals surface area contributed by atoms with Gasteiger partial charge < -0.3 is 4.42 Å². The van der Waals surface area contributed by atoms with Gasteiger partial charge in [0.25, 0.3) is 0 Å². The number of aromatic nitrogens is 1. The van der Waals surface area contributed by atoms with Crippen molar-refractivity contribution in [3.05, 3.63) is 52.5 Å². The van der Waals surface area contributed by atoms with E-state index in [-0.39, 0.29) is 0 Å². The average molecular weight is 229 g/mol. The van der Waals surface area contributed by atoms with E-state index in [2.05, 4.69) is 22.5 Å². The summed E-state index contributed by atoms with van der Waals surface area (Å²) < 4.78 is 5.66. The molecule has 0 N–H and O–H groups in total. The molecule has 0 bridgehead atoms. The Kier molecular flexibility index (Phi) is 2.46. The summed E-state index contributed by atoms with van der Waals surface area (Å²) in [5.41, 5.74) is 1.83. The van der Waals surface area contributed by atoms with Crippen molar-refractivity contribution in [2.24, 2.45) is 0 Å². The van der Waals surface area contributed by atoms with Crippen LogP contribution < -0.4 is 0 Å². The number of fused-ring (bicyclic) bond motifs is 1. The molecule has 80 valence electrons. The molecule has 0 unspecified atom stereocenters. The average Bonchev–Trinajstić information content (AvgIpc) is 2.95. The van der Waals surface area contributed by atoms with Gasteiger partial charge in [0.2, 0.25) is 0 Å². The zero-order chi connectivity index (χ0) is 10.8. The van der Waals surface area contributed by atoms with E-state index in [0.29, 0.717) is 0 Å². The third kappa shape index (κ3) is 1.86. The van der Waals surface area contributed by atoms with Gasteiger partial charge in [-0.2, -0.15) is 0 Å². The summed E-state index contributed by atoms with van der Waals surface area (Å²) in [5.74, 6) is 0.828.